The minimum Gasteiger partial charge on any atom is -0.460 e. The summed E-state index contributed by atoms with van der Waals surface area (Å²) in [6.45, 7) is 51.2. The van der Waals surface area contributed by atoms with E-state index < -0.39 is 23.4 Å². The molecule has 0 N–H and O–H groups in total. The minimum absolute atomic E-state index is 0. The van der Waals surface area contributed by atoms with E-state index >= 15 is 0 Å². The van der Waals surface area contributed by atoms with Crippen LogP contribution in [-0.2, 0) is 57.1 Å². The number of hydrogen-bond acceptors (Lipinski definition) is 12. The molecule has 0 amide bonds. The highest BCUT2D eigenvalue weighted by Gasteiger charge is 2.72. The molecule has 610 valence electrons. The van der Waals surface area contributed by atoms with Crippen molar-refractivity contribution in [1.82, 2.24) is 0 Å². The van der Waals surface area contributed by atoms with Crippen LogP contribution in [0.1, 0.15) is 389 Å². The fourth-order valence-electron chi connectivity index (χ4n) is 19.1. The van der Waals surface area contributed by atoms with Gasteiger partial charge in [0.15, 0.2) is 0 Å². The van der Waals surface area contributed by atoms with Crippen molar-refractivity contribution in [3.8, 4) is 0 Å². The third-order valence-electron chi connectivity index (χ3n) is 27.3. The number of rotatable bonds is 20. The maximum Gasteiger partial charge on any atom is 0.313 e. The van der Waals surface area contributed by atoms with Crippen LogP contribution in [0.2, 0.25) is 0 Å². The number of carbonyl (C=O) groups excluding carboxylic acids is 5. The SMILES string of the molecule is C.C.C.C.C.C.C.C.C.C.CCC(C)(C)C(=O)OC(C)(C)C.CCC(C)(C)C(=O)OC(C)(C)C(C)C.CCC(C)(C)C(=O)OC(C)(C)C1CCCC1.CCC(C)(C)C(=O)OC(C)OC12CC3C4CC5CC3C(C1)C(C5)C4C2.CCC(C)(C)C(=O)OC(C)OC12CC3CC4C5CC(CC41)CC2C5C3. The maximum absolute atomic E-state index is 12.5. The van der Waals surface area contributed by atoms with Gasteiger partial charge in [0, 0.05) is 0 Å². The van der Waals surface area contributed by atoms with Crippen molar-refractivity contribution in [1.29, 1.82) is 0 Å². The van der Waals surface area contributed by atoms with Crippen LogP contribution in [0.4, 0.5) is 0 Å². The molecular weight excluding hydrogens is 1270 g/mol. The second-order valence-electron chi connectivity index (χ2n) is 37.6. The Hall–Kier alpha value is -2.73. The van der Waals surface area contributed by atoms with Gasteiger partial charge in [0.2, 0.25) is 12.6 Å². The van der Waals surface area contributed by atoms with E-state index in [1.807, 2.05) is 152 Å². The van der Waals surface area contributed by atoms with Crippen LogP contribution in [0.5, 0.6) is 0 Å². The molecule has 15 aliphatic rings. The van der Waals surface area contributed by atoms with Gasteiger partial charge in [-0.3, -0.25) is 24.0 Å². The molecule has 0 aromatic carbocycles. The Kier molecular flexibility index (Phi) is 40.5. The van der Waals surface area contributed by atoms with Crippen molar-refractivity contribution in [3.05, 3.63) is 0 Å². The molecule has 0 heterocycles. The normalized spacial score (nSPS) is 30.9. The van der Waals surface area contributed by atoms with Crippen LogP contribution in [0.25, 0.3) is 0 Å². The number of ether oxygens (including phenoxy) is 7. The molecule has 0 radical (unpaired) electrons. The van der Waals surface area contributed by atoms with E-state index in [0.717, 1.165) is 115 Å². The van der Waals surface area contributed by atoms with Gasteiger partial charge >= 0.3 is 29.8 Å². The molecule has 15 rings (SSSR count). The first-order chi connectivity index (χ1) is 42.3. The summed E-state index contributed by atoms with van der Waals surface area (Å²) in [5.41, 5.74) is -2.92. The topological polar surface area (TPSA) is 150 Å². The molecule has 15 aliphatic carbocycles. The van der Waals surface area contributed by atoms with Gasteiger partial charge in [0.25, 0.3) is 0 Å². The van der Waals surface area contributed by atoms with E-state index in [1.165, 1.54) is 103 Å². The minimum atomic E-state index is -0.420. The largest absolute Gasteiger partial charge is 0.460 e. The summed E-state index contributed by atoms with van der Waals surface area (Å²) in [6, 6.07) is 0. The molecule has 6 atom stereocenters. The lowest BCUT2D eigenvalue weighted by molar-refractivity contribution is -0.338. The lowest BCUT2D eigenvalue weighted by atomic mass is 9.34. The second-order valence-corrected chi connectivity index (χ2v) is 37.6. The molecule has 0 saturated heterocycles. The van der Waals surface area contributed by atoms with Crippen LogP contribution in [-0.4, -0.2) is 70.4 Å². The first kappa shape index (κ1) is 106. The average molecular weight is 1450 g/mol. The molecular formula is C90H178O12. The second kappa shape index (κ2) is 39.1. The van der Waals surface area contributed by atoms with Crippen LogP contribution in [0, 0.1) is 122 Å². The molecule has 6 unspecified atom stereocenters. The summed E-state index contributed by atoms with van der Waals surface area (Å²) in [5.74, 6) is 13.2. The third kappa shape index (κ3) is 22.9. The van der Waals surface area contributed by atoms with Gasteiger partial charge in [-0.2, -0.15) is 0 Å². The standard InChI is InChI=1S/2C22H34O3.C14H26O2.C12H24O2.C10H20O2.10CH4/c1-5-21(3,4)20(23)24-12(2)25-22-11-14-7-16-15-6-13(9-18(16)22)10-19(22)17(15)8-14;1-5-21(3,4)20(23)24-12(2)25-22-9-17-14-6-13-7-15(17)19(11-22)16(8-13)18(14)10-22;1-6-13(2,3)12(15)16-14(4,5)11-9-7-8-10-11;1-8-11(4,5)10(13)14-12(6,7)9(2)3;1-7-10(5,6)8(11)12-9(2,3)4;;;;;;;;;;/h2*12-19H,5-11H2,1-4H3;11H,6-10H2,1-5H3;9H,8H2,1-7H3;7H2,1-6H3;10*1H4. The predicted octanol–water partition coefficient (Wildman–Crippen LogP) is 26.0. The molecule has 16 bridgehead atoms. The van der Waals surface area contributed by atoms with E-state index in [0.29, 0.717) is 11.8 Å². The lowest BCUT2D eigenvalue weighted by Gasteiger charge is -2.74. The molecule has 12 heteroatoms. The Morgan fingerprint density at radius 2 is 0.647 bits per heavy atom. The highest BCUT2D eigenvalue weighted by atomic mass is 16.7. The molecule has 12 nitrogen and oxygen atoms in total. The van der Waals surface area contributed by atoms with E-state index in [9.17, 15) is 24.0 Å². The molecule has 102 heavy (non-hydrogen) atoms. The average Bonchev–Trinajstić information content (AvgIpc) is 0.697. The van der Waals surface area contributed by atoms with Gasteiger partial charge in [0.05, 0.1) is 38.3 Å². The Morgan fingerprint density at radius 1 is 0.353 bits per heavy atom. The summed E-state index contributed by atoms with van der Waals surface area (Å²) in [5, 5.41) is 0. The van der Waals surface area contributed by atoms with Crippen molar-refractivity contribution >= 4 is 29.8 Å². The van der Waals surface area contributed by atoms with Crippen LogP contribution in [0.15, 0.2) is 0 Å². The number of hydrogen-bond donors (Lipinski definition) is 0. The predicted molar refractivity (Wildman–Crippen MR) is 434 cm³/mol. The summed E-state index contributed by atoms with van der Waals surface area (Å²) >= 11 is 0. The van der Waals surface area contributed by atoms with Crippen molar-refractivity contribution < 1.29 is 57.1 Å². The van der Waals surface area contributed by atoms with E-state index in [4.69, 9.17) is 33.2 Å². The van der Waals surface area contributed by atoms with Gasteiger partial charge in [-0.15, -0.1) is 0 Å². The van der Waals surface area contributed by atoms with Gasteiger partial charge in [-0.1, -0.05) is 136 Å². The Balaban J connectivity index is -0.000000593. The first-order valence-electron chi connectivity index (χ1n) is 37.8. The highest BCUT2D eigenvalue weighted by Crippen LogP contribution is 2.75. The van der Waals surface area contributed by atoms with Crippen molar-refractivity contribution in [3.63, 3.8) is 0 Å². The number of esters is 5. The van der Waals surface area contributed by atoms with Gasteiger partial charge < -0.3 is 33.2 Å². The third-order valence-corrected chi connectivity index (χ3v) is 27.3. The van der Waals surface area contributed by atoms with Crippen LogP contribution >= 0.6 is 0 Å². The lowest BCUT2D eigenvalue weighted by Crippen LogP contribution is -2.72. The maximum atomic E-state index is 12.5. The van der Waals surface area contributed by atoms with Gasteiger partial charge in [0.1, 0.15) is 16.8 Å². The van der Waals surface area contributed by atoms with E-state index in [2.05, 4.69) is 27.7 Å². The van der Waals surface area contributed by atoms with Crippen LogP contribution < -0.4 is 0 Å². The molecule has 15 fully saturated rings. The van der Waals surface area contributed by atoms with Crippen molar-refractivity contribution in [2.24, 2.45) is 122 Å². The van der Waals surface area contributed by atoms with E-state index in [-0.39, 0.29) is 148 Å². The zero-order valence-corrected chi connectivity index (χ0v) is 63.6. The van der Waals surface area contributed by atoms with Gasteiger partial charge in [-0.25, -0.2) is 0 Å². The highest BCUT2D eigenvalue weighted by molar-refractivity contribution is 5.78. The summed E-state index contributed by atoms with van der Waals surface area (Å²) in [7, 11) is 0. The fraction of sp³-hybridized carbons (Fsp3) is 0.944. The fourth-order valence-corrected chi connectivity index (χ4v) is 19.1. The van der Waals surface area contributed by atoms with Crippen molar-refractivity contribution in [2.45, 2.75) is 430 Å². The number of carbonyl (C=O) groups is 5. The van der Waals surface area contributed by atoms with E-state index in [1.54, 1.807) is 0 Å². The molecule has 0 spiro atoms. The Morgan fingerprint density at radius 3 is 0.980 bits per heavy atom. The van der Waals surface area contributed by atoms with Crippen molar-refractivity contribution in [2.75, 3.05) is 0 Å². The first-order valence-corrected chi connectivity index (χ1v) is 37.8. The quantitative estimate of drug-likeness (QED) is 0.0648. The Bertz CT molecular complexity index is 2440. The Labute approximate surface area is 635 Å². The summed E-state index contributed by atoms with van der Waals surface area (Å²) in [4.78, 5) is 60.2. The zero-order chi connectivity index (χ0) is 69.1. The molecule has 0 aromatic rings. The summed E-state index contributed by atoms with van der Waals surface area (Å²) < 4.78 is 41.3. The zero-order valence-electron chi connectivity index (χ0n) is 63.6. The molecule has 15 saturated carbocycles. The van der Waals surface area contributed by atoms with Crippen LogP contribution in [0.3, 0.4) is 0 Å². The smallest absolute Gasteiger partial charge is 0.313 e. The molecule has 0 aromatic heterocycles. The molecule has 0 aliphatic heterocycles. The van der Waals surface area contributed by atoms with Gasteiger partial charge in [-0.05, 0) is 348 Å². The summed E-state index contributed by atoms with van der Waals surface area (Å²) in [6.07, 6.45) is 24.7. The monoisotopic (exact) mass is 1450 g/mol.